The van der Waals surface area contributed by atoms with Gasteiger partial charge in [-0.1, -0.05) is 12.1 Å². The second kappa shape index (κ2) is 4.77. The largest absolute Gasteiger partial charge is 0.354 e. The smallest absolute Gasteiger partial charge is 0.234 e. The zero-order valence-electron chi connectivity index (χ0n) is 8.94. The number of benzene rings is 1. The zero-order valence-corrected chi connectivity index (χ0v) is 8.94. The molecule has 1 aliphatic heterocycles. The summed E-state index contributed by atoms with van der Waals surface area (Å²) in [5.41, 5.74) is 1.74. The maximum absolute atomic E-state index is 11.2. The lowest BCUT2D eigenvalue weighted by Gasteiger charge is -2.26. The van der Waals surface area contributed by atoms with Crippen LogP contribution >= 0.6 is 0 Å². The molecule has 0 bridgehead atoms. The van der Waals surface area contributed by atoms with Crippen molar-refractivity contribution in [3.63, 3.8) is 0 Å². The van der Waals surface area contributed by atoms with Crippen LogP contribution in [0.5, 0.6) is 0 Å². The molecule has 82 valence electrons. The minimum Gasteiger partial charge on any atom is -0.354 e. The van der Waals surface area contributed by atoms with Crippen molar-refractivity contribution in [3.8, 4) is 6.07 Å². The van der Waals surface area contributed by atoms with Crippen molar-refractivity contribution in [2.24, 2.45) is 0 Å². The number of nitriles is 1. The molecule has 1 N–H and O–H groups in total. The molecule has 1 fully saturated rings. The number of amides is 1. The highest BCUT2D eigenvalue weighted by Crippen LogP contribution is 2.08. The first-order chi connectivity index (χ1) is 7.78. The van der Waals surface area contributed by atoms with Crippen LogP contribution in [0.25, 0.3) is 0 Å². The second-order valence-electron chi connectivity index (χ2n) is 3.87. The Labute approximate surface area is 94.5 Å². The fourth-order valence-corrected chi connectivity index (χ4v) is 1.82. The molecule has 16 heavy (non-hydrogen) atoms. The SMILES string of the molecule is N#Cc1cccc(CN2CCNC(=O)C2)c1. The fraction of sp³-hybridized carbons (Fsp3) is 0.333. The predicted octanol–water partition coefficient (Wildman–Crippen LogP) is 0.490. The van der Waals surface area contributed by atoms with E-state index >= 15 is 0 Å². The quantitative estimate of drug-likeness (QED) is 0.781. The van der Waals surface area contributed by atoms with Crippen LogP contribution < -0.4 is 5.32 Å². The Bertz CT molecular complexity index is 436. The molecule has 0 atom stereocenters. The van der Waals surface area contributed by atoms with Crippen LogP contribution in [-0.2, 0) is 11.3 Å². The van der Waals surface area contributed by atoms with Gasteiger partial charge in [0, 0.05) is 19.6 Å². The van der Waals surface area contributed by atoms with Gasteiger partial charge in [-0.05, 0) is 17.7 Å². The molecular weight excluding hydrogens is 202 g/mol. The summed E-state index contributed by atoms with van der Waals surface area (Å²) < 4.78 is 0. The van der Waals surface area contributed by atoms with E-state index in [9.17, 15) is 4.79 Å². The number of nitrogens with zero attached hydrogens (tertiary/aromatic N) is 2. The van der Waals surface area contributed by atoms with Crippen LogP contribution in [0, 0.1) is 11.3 Å². The minimum absolute atomic E-state index is 0.0719. The van der Waals surface area contributed by atoms with E-state index in [0.29, 0.717) is 18.7 Å². The molecule has 4 heteroatoms. The summed E-state index contributed by atoms with van der Waals surface area (Å²) in [6.45, 7) is 2.74. The Balaban J connectivity index is 2.03. The van der Waals surface area contributed by atoms with Gasteiger partial charge in [0.25, 0.3) is 0 Å². The Hall–Kier alpha value is -1.86. The second-order valence-corrected chi connectivity index (χ2v) is 3.87. The van der Waals surface area contributed by atoms with Gasteiger partial charge < -0.3 is 5.32 Å². The highest BCUT2D eigenvalue weighted by molar-refractivity contribution is 5.78. The summed E-state index contributed by atoms with van der Waals surface area (Å²) in [4.78, 5) is 13.3. The molecule has 1 aromatic carbocycles. The fourth-order valence-electron chi connectivity index (χ4n) is 1.82. The standard InChI is InChI=1S/C12H13N3O/c13-7-10-2-1-3-11(6-10)8-15-5-4-14-12(16)9-15/h1-3,6H,4-5,8-9H2,(H,14,16). The average molecular weight is 215 g/mol. The van der Waals surface area contributed by atoms with E-state index in [1.165, 1.54) is 0 Å². The van der Waals surface area contributed by atoms with Gasteiger partial charge in [0.15, 0.2) is 0 Å². The van der Waals surface area contributed by atoms with Gasteiger partial charge >= 0.3 is 0 Å². The van der Waals surface area contributed by atoms with Gasteiger partial charge in [-0.15, -0.1) is 0 Å². The lowest BCUT2D eigenvalue weighted by Crippen LogP contribution is -2.47. The molecule has 1 aliphatic rings. The molecule has 0 unspecified atom stereocenters. The summed E-state index contributed by atoms with van der Waals surface area (Å²) in [6, 6.07) is 9.62. The molecule has 0 aliphatic carbocycles. The van der Waals surface area contributed by atoms with E-state index in [1.807, 2.05) is 18.2 Å². The Kier molecular flexibility index (Phi) is 3.18. The van der Waals surface area contributed by atoms with Crippen molar-refractivity contribution in [2.45, 2.75) is 6.54 Å². The molecule has 0 saturated carbocycles. The Morgan fingerprint density at radius 3 is 3.12 bits per heavy atom. The number of hydrogen-bond donors (Lipinski definition) is 1. The maximum Gasteiger partial charge on any atom is 0.234 e. The molecule has 1 heterocycles. The number of carbonyl (C=O) groups is 1. The van der Waals surface area contributed by atoms with Gasteiger partial charge in [0.1, 0.15) is 0 Å². The summed E-state index contributed by atoms with van der Waals surface area (Å²) in [5.74, 6) is 0.0719. The minimum atomic E-state index is 0.0719. The van der Waals surface area contributed by atoms with Crippen molar-refractivity contribution in [1.82, 2.24) is 10.2 Å². The van der Waals surface area contributed by atoms with Gasteiger partial charge in [-0.2, -0.15) is 5.26 Å². The van der Waals surface area contributed by atoms with Crippen LogP contribution in [-0.4, -0.2) is 30.4 Å². The van der Waals surface area contributed by atoms with Gasteiger partial charge in [0.05, 0.1) is 18.2 Å². The highest BCUT2D eigenvalue weighted by atomic mass is 16.2. The number of nitrogens with one attached hydrogen (secondary N) is 1. The maximum atomic E-state index is 11.2. The summed E-state index contributed by atoms with van der Waals surface area (Å²) in [6.07, 6.45) is 0. The molecule has 1 aromatic rings. The predicted molar refractivity (Wildman–Crippen MR) is 59.4 cm³/mol. The topological polar surface area (TPSA) is 56.1 Å². The van der Waals surface area contributed by atoms with Crippen molar-refractivity contribution in [3.05, 3.63) is 35.4 Å². The van der Waals surface area contributed by atoms with E-state index in [0.717, 1.165) is 18.7 Å². The Morgan fingerprint density at radius 2 is 2.38 bits per heavy atom. The lowest BCUT2D eigenvalue weighted by atomic mass is 10.1. The van der Waals surface area contributed by atoms with E-state index in [2.05, 4.69) is 16.3 Å². The van der Waals surface area contributed by atoms with Crippen LogP contribution in [0.15, 0.2) is 24.3 Å². The number of rotatable bonds is 2. The van der Waals surface area contributed by atoms with Crippen molar-refractivity contribution >= 4 is 5.91 Å². The molecule has 0 aromatic heterocycles. The van der Waals surface area contributed by atoms with E-state index < -0.39 is 0 Å². The van der Waals surface area contributed by atoms with Crippen molar-refractivity contribution in [1.29, 1.82) is 5.26 Å². The summed E-state index contributed by atoms with van der Waals surface area (Å²) in [5, 5.41) is 11.6. The monoisotopic (exact) mass is 215 g/mol. The molecular formula is C12H13N3O. The third kappa shape index (κ3) is 2.59. The summed E-state index contributed by atoms with van der Waals surface area (Å²) >= 11 is 0. The van der Waals surface area contributed by atoms with Gasteiger partial charge in [-0.25, -0.2) is 0 Å². The summed E-state index contributed by atoms with van der Waals surface area (Å²) in [7, 11) is 0. The Morgan fingerprint density at radius 1 is 1.50 bits per heavy atom. The average Bonchev–Trinajstić information content (AvgIpc) is 2.29. The lowest BCUT2D eigenvalue weighted by molar-refractivity contribution is -0.124. The number of hydrogen-bond acceptors (Lipinski definition) is 3. The molecule has 1 saturated heterocycles. The van der Waals surface area contributed by atoms with E-state index in [4.69, 9.17) is 5.26 Å². The van der Waals surface area contributed by atoms with Crippen molar-refractivity contribution < 1.29 is 4.79 Å². The zero-order chi connectivity index (χ0) is 11.4. The molecule has 4 nitrogen and oxygen atoms in total. The van der Waals surface area contributed by atoms with Crippen LogP contribution in [0.1, 0.15) is 11.1 Å². The van der Waals surface area contributed by atoms with Crippen LogP contribution in [0.4, 0.5) is 0 Å². The van der Waals surface area contributed by atoms with Gasteiger partial charge in [-0.3, -0.25) is 9.69 Å². The molecule has 2 rings (SSSR count). The van der Waals surface area contributed by atoms with Crippen LogP contribution in [0.2, 0.25) is 0 Å². The normalized spacial score (nSPS) is 16.6. The third-order valence-corrected chi connectivity index (χ3v) is 2.58. The first-order valence-corrected chi connectivity index (χ1v) is 5.26. The van der Waals surface area contributed by atoms with E-state index in [-0.39, 0.29) is 5.91 Å². The third-order valence-electron chi connectivity index (χ3n) is 2.58. The molecule has 0 spiro atoms. The van der Waals surface area contributed by atoms with Crippen molar-refractivity contribution in [2.75, 3.05) is 19.6 Å². The molecule has 0 radical (unpaired) electrons. The van der Waals surface area contributed by atoms with Crippen LogP contribution in [0.3, 0.4) is 0 Å². The first kappa shape index (κ1) is 10.7. The first-order valence-electron chi connectivity index (χ1n) is 5.26. The highest BCUT2D eigenvalue weighted by Gasteiger charge is 2.15. The van der Waals surface area contributed by atoms with Gasteiger partial charge in [0.2, 0.25) is 5.91 Å². The number of piperazine rings is 1. The number of carbonyl (C=O) groups excluding carboxylic acids is 1. The molecule has 1 amide bonds. The van der Waals surface area contributed by atoms with E-state index in [1.54, 1.807) is 6.07 Å².